The number of hydrogen-bond acceptors (Lipinski definition) is 4. The van der Waals surface area contributed by atoms with Gasteiger partial charge in [-0.2, -0.15) is 0 Å². The van der Waals surface area contributed by atoms with Gasteiger partial charge in [-0.15, -0.1) is 0 Å². The van der Waals surface area contributed by atoms with Crippen molar-refractivity contribution in [3.8, 4) is 5.75 Å². The van der Waals surface area contributed by atoms with Gasteiger partial charge in [0.2, 0.25) is 11.8 Å². The average Bonchev–Trinajstić information content (AvgIpc) is 2.91. The van der Waals surface area contributed by atoms with Crippen molar-refractivity contribution in [2.75, 3.05) is 35.7 Å². The highest BCUT2D eigenvalue weighted by Crippen LogP contribution is 2.38. The maximum absolute atomic E-state index is 11.4. The lowest BCUT2D eigenvalue weighted by Crippen LogP contribution is -2.21. The zero-order valence-corrected chi connectivity index (χ0v) is 12.7. The molecule has 0 aromatic heterocycles. The molecule has 1 aliphatic rings. The van der Waals surface area contributed by atoms with Gasteiger partial charge in [-0.1, -0.05) is 0 Å². The summed E-state index contributed by atoms with van der Waals surface area (Å²) in [5, 5.41) is 5.55. The number of rotatable bonds is 4. The SMILES string of the molecule is COc1cc(N2CCCC2)c(NC(C)=O)cc1NC(C)=O. The molecule has 114 valence electrons. The Morgan fingerprint density at radius 3 is 2.14 bits per heavy atom. The minimum Gasteiger partial charge on any atom is -0.494 e. The standard InChI is InChI=1S/C15H21N3O3/c1-10(19)16-12-8-13(17-11(2)20)15(21-3)9-14(12)18-6-4-5-7-18/h8-9H,4-7H2,1-3H3,(H,16,19)(H,17,20). The van der Waals surface area contributed by atoms with Gasteiger partial charge in [-0.25, -0.2) is 0 Å². The average molecular weight is 291 g/mol. The van der Waals surface area contributed by atoms with Crippen molar-refractivity contribution < 1.29 is 14.3 Å². The summed E-state index contributed by atoms with van der Waals surface area (Å²) in [5.41, 5.74) is 2.17. The summed E-state index contributed by atoms with van der Waals surface area (Å²) < 4.78 is 5.35. The summed E-state index contributed by atoms with van der Waals surface area (Å²) in [7, 11) is 1.56. The predicted molar refractivity (Wildman–Crippen MR) is 83.0 cm³/mol. The molecular formula is C15H21N3O3. The quantitative estimate of drug-likeness (QED) is 0.892. The van der Waals surface area contributed by atoms with Crippen molar-refractivity contribution in [3.63, 3.8) is 0 Å². The summed E-state index contributed by atoms with van der Waals surface area (Å²) in [6, 6.07) is 3.61. The Labute approximate surface area is 124 Å². The van der Waals surface area contributed by atoms with Crippen molar-refractivity contribution in [2.45, 2.75) is 26.7 Å². The number of nitrogens with one attached hydrogen (secondary N) is 2. The van der Waals surface area contributed by atoms with Gasteiger partial charge in [0.25, 0.3) is 0 Å². The molecule has 6 heteroatoms. The first kappa shape index (κ1) is 15.2. The van der Waals surface area contributed by atoms with Crippen LogP contribution in [0.4, 0.5) is 17.1 Å². The highest BCUT2D eigenvalue weighted by molar-refractivity contribution is 5.97. The fourth-order valence-corrected chi connectivity index (χ4v) is 2.53. The molecule has 0 aliphatic carbocycles. The molecule has 1 aromatic carbocycles. The molecule has 21 heavy (non-hydrogen) atoms. The summed E-state index contributed by atoms with van der Waals surface area (Å²) >= 11 is 0. The third kappa shape index (κ3) is 3.65. The van der Waals surface area contributed by atoms with Gasteiger partial charge < -0.3 is 20.3 Å². The Morgan fingerprint density at radius 1 is 1.05 bits per heavy atom. The van der Waals surface area contributed by atoms with E-state index in [1.807, 2.05) is 6.07 Å². The monoisotopic (exact) mass is 291 g/mol. The van der Waals surface area contributed by atoms with Gasteiger partial charge in [0.15, 0.2) is 0 Å². The first-order valence-electron chi connectivity index (χ1n) is 7.03. The number of amides is 2. The Kier molecular flexibility index (Phi) is 4.67. The van der Waals surface area contributed by atoms with Crippen LogP contribution in [0.5, 0.6) is 5.75 Å². The van der Waals surface area contributed by atoms with Crippen LogP contribution in [-0.4, -0.2) is 32.0 Å². The zero-order chi connectivity index (χ0) is 15.4. The molecule has 1 heterocycles. The second-order valence-corrected chi connectivity index (χ2v) is 5.13. The smallest absolute Gasteiger partial charge is 0.221 e. The van der Waals surface area contributed by atoms with Crippen LogP contribution in [0.3, 0.4) is 0 Å². The van der Waals surface area contributed by atoms with E-state index in [0.717, 1.165) is 31.6 Å². The first-order valence-corrected chi connectivity index (χ1v) is 7.03. The second kappa shape index (κ2) is 6.47. The van der Waals surface area contributed by atoms with Crippen LogP contribution in [0.15, 0.2) is 12.1 Å². The molecule has 0 spiro atoms. The van der Waals surface area contributed by atoms with Crippen LogP contribution in [0.1, 0.15) is 26.7 Å². The van der Waals surface area contributed by atoms with E-state index in [0.29, 0.717) is 17.1 Å². The van der Waals surface area contributed by atoms with Crippen LogP contribution in [-0.2, 0) is 9.59 Å². The molecule has 0 atom stereocenters. The maximum Gasteiger partial charge on any atom is 0.221 e. The van der Waals surface area contributed by atoms with Gasteiger partial charge >= 0.3 is 0 Å². The lowest BCUT2D eigenvalue weighted by Gasteiger charge is -2.23. The lowest BCUT2D eigenvalue weighted by molar-refractivity contribution is -0.115. The van der Waals surface area contributed by atoms with E-state index in [1.54, 1.807) is 13.2 Å². The summed E-state index contributed by atoms with van der Waals surface area (Å²) in [5.74, 6) is 0.256. The van der Waals surface area contributed by atoms with Gasteiger partial charge in [-0.05, 0) is 18.9 Å². The third-order valence-electron chi connectivity index (χ3n) is 3.39. The van der Waals surface area contributed by atoms with Crippen LogP contribution in [0.25, 0.3) is 0 Å². The Balaban J connectivity index is 2.45. The van der Waals surface area contributed by atoms with Gasteiger partial charge in [0.05, 0.1) is 24.2 Å². The number of hydrogen-bond donors (Lipinski definition) is 2. The molecule has 2 rings (SSSR count). The summed E-state index contributed by atoms with van der Waals surface area (Å²) in [6.07, 6.45) is 2.27. The number of ether oxygens (including phenoxy) is 1. The van der Waals surface area contributed by atoms with Crippen molar-refractivity contribution in [1.29, 1.82) is 0 Å². The lowest BCUT2D eigenvalue weighted by atomic mass is 10.2. The van der Waals surface area contributed by atoms with Gasteiger partial charge in [0.1, 0.15) is 5.75 Å². The first-order chi connectivity index (χ1) is 10.0. The van der Waals surface area contributed by atoms with Crippen LogP contribution in [0, 0.1) is 0 Å². The number of carbonyl (C=O) groups is 2. The van der Waals surface area contributed by atoms with Crippen LogP contribution < -0.4 is 20.3 Å². The molecule has 2 amide bonds. The minimum absolute atomic E-state index is 0.144. The van der Waals surface area contributed by atoms with E-state index in [9.17, 15) is 9.59 Å². The van der Waals surface area contributed by atoms with E-state index in [4.69, 9.17) is 4.74 Å². The molecule has 1 fully saturated rings. The number of carbonyl (C=O) groups excluding carboxylic acids is 2. The Morgan fingerprint density at radius 2 is 1.62 bits per heavy atom. The normalized spacial score (nSPS) is 14.0. The third-order valence-corrected chi connectivity index (χ3v) is 3.39. The molecule has 2 N–H and O–H groups in total. The Hall–Kier alpha value is -2.24. The Bertz CT molecular complexity index is 551. The highest BCUT2D eigenvalue weighted by atomic mass is 16.5. The van der Waals surface area contributed by atoms with Crippen LogP contribution >= 0.6 is 0 Å². The van der Waals surface area contributed by atoms with Gasteiger partial charge in [0, 0.05) is 33.0 Å². The minimum atomic E-state index is -0.184. The number of nitrogens with zero attached hydrogens (tertiary/aromatic N) is 1. The van der Waals surface area contributed by atoms with Gasteiger partial charge in [-0.3, -0.25) is 9.59 Å². The highest BCUT2D eigenvalue weighted by Gasteiger charge is 2.19. The molecule has 1 aliphatic heterocycles. The van der Waals surface area contributed by atoms with Crippen LogP contribution in [0.2, 0.25) is 0 Å². The fourth-order valence-electron chi connectivity index (χ4n) is 2.53. The fraction of sp³-hybridized carbons (Fsp3) is 0.467. The van der Waals surface area contributed by atoms with E-state index < -0.39 is 0 Å². The van der Waals surface area contributed by atoms with Crippen molar-refractivity contribution in [2.24, 2.45) is 0 Å². The second-order valence-electron chi connectivity index (χ2n) is 5.13. The topological polar surface area (TPSA) is 70.7 Å². The van der Waals surface area contributed by atoms with E-state index in [2.05, 4.69) is 15.5 Å². The summed E-state index contributed by atoms with van der Waals surface area (Å²) in [6.45, 7) is 4.81. The molecule has 6 nitrogen and oxygen atoms in total. The molecule has 0 bridgehead atoms. The van der Waals surface area contributed by atoms with Crippen molar-refractivity contribution in [1.82, 2.24) is 0 Å². The number of anilines is 3. The summed E-state index contributed by atoms with van der Waals surface area (Å²) in [4.78, 5) is 24.9. The number of methoxy groups -OCH3 is 1. The number of benzene rings is 1. The molecule has 1 aromatic rings. The molecule has 1 saturated heterocycles. The van der Waals surface area contributed by atoms with Crippen molar-refractivity contribution in [3.05, 3.63) is 12.1 Å². The van der Waals surface area contributed by atoms with E-state index in [1.165, 1.54) is 13.8 Å². The zero-order valence-electron chi connectivity index (χ0n) is 12.7. The largest absolute Gasteiger partial charge is 0.494 e. The van der Waals surface area contributed by atoms with E-state index in [-0.39, 0.29) is 11.8 Å². The molecular weight excluding hydrogens is 270 g/mol. The molecule has 0 saturated carbocycles. The van der Waals surface area contributed by atoms with Crippen molar-refractivity contribution >= 4 is 28.9 Å². The maximum atomic E-state index is 11.4. The molecule has 0 unspecified atom stereocenters. The van der Waals surface area contributed by atoms with E-state index >= 15 is 0 Å². The predicted octanol–water partition coefficient (Wildman–Crippen LogP) is 2.21. The molecule has 0 radical (unpaired) electrons.